The first kappa shape index (κ1) is 13.4. The predicted octanol–water partition coefficient (Wildman–Crippen LogP) is 1.75. The van der Waals surface area contributed by atoms with Crippen LogP contribution >= 0.6 is 0 Å². The van der Waals surface area contributed by atoms with Crippen molar-refractivity contribution in [1.29, 1.82) is 0 Å². The van der Waals surface area contributed by atoms with Crippen molar-refractivity contribution in [2.24, 2.45) is 0 Å². The standard InChI is InChI=1S/C15H24N2O/c1-15(2,11-16-3)17-8-6-12-4-5-14-13(10-12)7-9-18-14/h4-5,10,16-17H,6-9,11H2,1-3H3. The minimum absolute atomic E-state index is 0.147. The molecule has 18 heavy (non-hydrogen) atoms. The minimum atomic E-state index is 0.147. The zero-order chi connectivity index (χ0) is 13.0. The molecule has 100 valence electrons. The lowest BCUT2D eigenvalue weighted by Crippen LogP contribution is -2.47. The normalized spacial score (nSPS) is 14.4. The average Bonchev–Trinajstić information content (AvgIpc) is 2.75. The average molecular weight is 248 g/mol. The molecule has 0 saturated heterocycles. The third-order valence-electron chi connectivity index (χ3n) is 3.39. The van der Waals surface area contributed by atoms with Gasteiger partial charge in [0.2, 0.25) is 0 Å². The Kier molecular flexibility index (Phi) is 4.25. The largest absolute Gasteiger partial charge is 0.493 e. The van der Waals surface area contributed by atoms with E-state index in [2.05, 4.69) is 42.7 Å². The van der Waals surface area contributed by atoms with E-state index in [9.17, 15) is 0 Å². The molecule has 0 aromatic heterocycles. The third kappa shape index (κ3) is 3.47. The van der Waals surface area contributed by atoms with Crippen LogP contribution in [-0.4, -0.2) is 32.3 Å². The molecule has 0 unspecified atom stereocenters. The Morgan fingerprint density at radius 2 is 2.17 bits per heavy atom. The molecule has 3 nitrogen and oxygen atoms in total. The number of benzene rings is 1. The molecule has 1 aromatic carbocycles. The van der Waals surface area contributed by atoms with Gasteiger partial charge in [-0.15, -0.1) is 0 Å². The van der Waals surface area contributed by atoms with E-state index < -0.39 is 0 Å². The quantitative estimate of drug-likeness (QED) is 0.804. The van der Waals surface area contributed by atoms with Crippen LogP contribution in [0.2, 0.25) is 0 Å². The van der Waals surface area contributed by atoms with Gasteiger partial charge in [0.25, 0.3) is 0 Å². The van der Waals surface area contributed by atoms with E-state index in [0.29, 0.717) is 0 Å². The maximum absolute atomic E-state index is 5.52. The van der Waals surface area contributed by atoms with E-state index >= 15 is 0 Å². The number of fused-ring (bicyclic) bond motifs is 1. The summed E-state index contributed by atoms with van der Waals surface area (Å²) in [6.07, 6.45) is 2.13. The second-order valence-corrected chi connectivity index (χ2v) is 5.63. The Balaban J connectivity index is 1.84. The van der Waals surface area contributed by atoms with Crippen molar-refractivity contribution in [3.05, 3.63) is 29.3 Å². The summed E-state index contributed by atoms with van der Waals surface area (Å²) in [4.78, 5) is 0. The number of hydrogen-bond donors (Lipinski definition) is 2. The summed E-state index contributed by atoms with van der Waals surface area (Å²) < 4.78 is 5.52. The van der Waals surface area contributed by atoms with E-state index in [4.69, 9.17) is 4.74 Å². The van der Waals surface area contributed by atoms with Crippen LogP contribution < -0.4 is 15.4 Å². The Hall–Kier alpha value is -1.06. The highest BCUT2D eigenvalue weighted by atomic mass is 16.5. The predicted molar refractivity (Wildman–Crippen MR) is 75.4 cm³/mol. The van der Waals surface area contributed by atoms with E-state index in [1.54, 1.807) is 0 Å². The molecule has 1 aliphatic rings. The van der Waals surface area contributed by atoms with Gasteiger partial charge >= 0.3 is 0 Å². The van der Waals surface area contributed by atoms with E-state index in [1.807, 2.05) is 7.05 Å². The number of likely N-dealkylation sites (N-methyl/N-ethyl adjacent to an activating group) is 1. The lowest BCUT2D eigenvalue weighted by atomic mass is 10.0. The molecule has 0 radical (unpaired) electrons. The molecule has 0 spiro atoms. The van der Waals surface area contributed by atoms with Gasteiger partial charge in [-0.2, -0.15) is 0 Å². The first-order valence-corrected chi connectivity index (χ1v) is 6.75. The summed E-state index contributed by atoms with van der Waals surface area (Å²) in [5.74, 6) is 1.07. The van der Waals surface area contributed by atoms with Crippen molar-refractivity contribution in [1.82, 2.24) is 10.6 Å². The monoisotopic (exact) mass is 248 g/mol. The molecule has 1 heterocycles. The fourth-order valence-corrected chi connectivity index (χ4v) is 2.45. The van der Waals surface area contributed by atoms with Gasteiger partial charge in [-0.25, -0.2) is 0 Å². The van der Waals surface area contributed by atoms with Crippen LogP contribution in [-0.2, 0) is 12.8 Å². The number of nitrogens with one attached hydrogen (secondary N) is 2. The number of hydrogen-bond acceptors (Lipinski definition) is 3. The number of rotatable bonds is 6. The summed E-state index contributed by atoms with van der Waals surface area (Å²) in [5, 5.41) is 6.79. The van der Waals surface area contributed by atoms with Crippen LogP contribution in [0.1, 0.15) is 25.0 Å². The molecule has 0 saturated carbocycles. The Bertz CT molecular complexity index is 401. The highest BCUT2D eigenvalue weighted by molar-refractivity contribution is 5.39. The topological polar surface area (TPSA) is 33.3 Å². The van der Waals surface area contributed by atoms with Crippen LogP contribution in [0.3, 0.4) is 0 Å². The zero-order valence-electron chi connectivity index (χ0n) is 11.7. The minimum Gasteiger partial charge on any atom is -0.493 e. The maximum Gasteiger partial charge on any atom is 0.122 e. The summed E-state index contributed by atoms with van der Waals surface area (Å²) in [6, 6.07) is 6.57. The van der Waals surface area contributed by atoms with Crippen LogP contribution in [0.5, 0.6) is 5.75 Å². The molecular formula is C15H24N2O. The molecule has 0 atom stereocenters. The molecule has 0 fully saturated rings. The molecular weight excluding hydrogens is 224 g/mol. The molecule has 0 bridgehead atoms. The van der Waals surface area contributed by atoms with E-state index in [-0.39, 0.29) is 5.54 Å². The maximum atomic E-state index is 5.52. The van der Waals surface area contributed by atoms with Gasteiger partial charge in [0.1, 0.15) is 5.75 Å². The van der Waals surface area contributed by atoms with Gasteiger partial charge in [0, 0.05) is 18.5 Å². The van der Waals surface area contributed by atoms with Crippen molar-refractivity contribution in [2.75, 3.05) is 26.7 Å². The lowest BCUT2D eigenvalue weighted by Gasteiger charge is -2.26. The molecule has 1 aliphatic heterocycles. The van der Waals surface area contributed by atoms with Gasteiger partial charge in [-0.1, -0.05) is 12.1 Å². The van der Waals surface area contributed by atoms with Crippen LogP contribution in [0, 0.1) is 0 Å². The summed E-state index contributed by atoms with van der Waals surface area (Å²) >= 11 is 0. The Labute approximate surface area is 110 Å². The van der Waals surface area contributed by atoms with E-state index in [0.717, 1.165) is 38.3 Å². The second kappa shape index (κ2) is 5.72. The number of ether oxygens (including phenoxy) is 1. The van der Waals surface area contributed by atoms with Crippen LogP contribution in [0.15, 0.2) is 18.2 Å². The first-order valence-electron chi connectivity index (χ1n) is 6.75. The first-order chi connectivity index (χ1) is 8.61. The van der Waals surface area contributed by atoms with E-state index in [1.165, 1.54) is 11.1 Å². The SMILES string of the molecule is CNCC(C)(C)NCCc1ccc2c(c1)CCO2. The van der Waals surface area contributed by atoms with Crippen molar-refractivity contribution in [2.45, 2.75) is 32.2 Å². The van der Waals surface area contributed by atoms with Crippen LogP contribution in [0.4, 0.5) is 0 Å². The van der Waals surface area contributed by atoms with Crippen molar-refractivity contribution >= 4 is 0 Å². The molecule has 0 aliphatic carbocycles. The molecule has 2 rings (SSSR count). The van der Waals surface area contributed by atoms with Crippen LogP contribution in [0.25, 0.3) is 0 Å². The third-order valence-corrected chi connectivity index (χ3v) is 3.39. The highest BCUT2D eigenvalue weighted by Crippen LogP contribution is 2.25. The summed E-state index contributed by atoms with van der Waals surface area (Å²) in [5.41, 5.74) is 2.91. The van der Waals surface area contributed by atoms with Gasteiger partial charge in [0.05, 0.1) is 6.61 Å². The highest BCUT2D eigenvalue weighted by Gasteiger charge is 2.15. The fourth-order valence-electron chi connectivity index (χ4n) is 2.45. The van der Waals surface area contributed by atoms with Gasteiger partial charge < -0.3 is 15.4 Å². The molecule has 1 aromatic rings. The fraction of sp³-hybridized carbons (Fsp3) is 0.600. The molecule has 0 amide bonds. The van der Waals surface area contributed by atoms with Gasteiger partial charge in [-0.05, 0) is 51.1 Å². The lowest BCUT2D eigenvalue weighted by molar-refractivity contribution is 0.356. The van der Waals surface area contributed by atoms with Crippen molar-refractivity contribution in [3.63, 3.8) is 0 Å². The van der Waals surface area contributed by atoms with Crippen molar-refractivity contribution < 1.29 is 4.74 Å². The Morgan fingerprint density at radius 1 is 1.33 bits per heavy atom. The summed E-state index contributed by atoms with van der Waals surface area (Å²) in [6.45, 7) is 7.27. The van der Waals surface area contributed by atoms with Crippen molar-refractivity contribution in [3.8, 4) is 5.75 Å². The molecule has 3 heteroatoms. The van der Waals surface area contributed by atoms with Gasteiger partial charge in [0.15, 0.2) is 0 Å². The summed E-state index contributed by atoms with van der Waals surface area (Å²) in [7, 11) is 1.99. The zero-order valence-corrected chi connectivity index (χ0v) is 11.7. The van der Waals surface area contributed by atoms with Gasteiger partial charge in [-0.3, -0.25) is 0 Å². The Morgan fingerprint density at radius 3 is 2.94 bits per heavy atom. The second-order valence-electron chi connectivity index (χ2n) is 5.63. The molecule has 2 N–H and O–H groups in total. The smallest absolute Gasteiger partial charge is 0.122 e.